The van der Waals surface area contributed by atoms with Crippen LogP contribution < -0.4 is 0 Å². The highest BCUT2D eigenvalue weighted by molar-refractivity contribution is 6.32. The maximum atomic E-state index is 9.50. The number of nitrogens with zero attached hydrogens (tertiary/aromatic N) is 2. The molecule has 12 aromatic carbocycles. The lowest BCUT2D eigenvalue weighted by Gasteiger charge is -2.21. The largest absolute Gasteiger partial charge is 0.238 e. The minimum Gasteiger partial charge on any atom is -0.238 e. The molecule has 0 aromatic heterocycles. The Kier molecular flexibility index (Phi) is 8.46. The molecular weight excluding hydrogens is 773 g/mol. The third-order valence-electron chi connectivity index (χ3n) is 12.7. The third kappa shape index (κ3) is 5.92. The van der Waals surface area contributed by atoms with Gasteiger partial charge in [-0.25, -0.2) is 4.85 Å². The Balaban J connectivity index is 1.26. The second-order valence-electron chi connectivity index (χ2n) is 16.3. The molecule has 0 amide bonds. The first kappa shape index (κ1) is 36.7. The van der Waals surface area contributed by atoms with Crippen LogP contribution in [0.1, 0.15) is 27.8 Å². The summed E-state index contributed by atoms with van der Waals surface area (Å²) in [6.45, 7) is 7.48. The lowest BCUT2D eigenvalue weighted by Crippen LogP contribution is -1.96. The van der Waals surface area contributed by atoms with Crippen molar-refractivity contribution in [1.82, 2.24) is 0 Å². The van der Waals surface area contributed by atoms with Gasteiger partial charge in [-0.3, -0.25) is 0 Å². The molecule has 0 heterocycles. The molecule has 0 aliphatic carbocycles. The molecule has 0 saturated heterocycles. The van der Waals surface area contributed by atoms with E-state index in [4.69, 9.17) is 6.57 Å². The summed E-state index contributed by atoms with van der Waals surface area (Å²) in [6, 6.07) is 70.2. The molecule has 2 nitrogen and oxygen atoms in total. The van der Waals surface area contributed by atoms with Crippen molar-refractivity contribution < 1.29 is 0 Å². The quantitative estimate of drug-likeness (QED) is 0.0740. The minimum atomic E-state index is 0.589. The number of hydrogen-bond donors (Lipinski definition) is 0. The maximum Gasteiger partial charge on any atom is 0.187 e. The molecule has 2 heteroatoms. The molecule has 0 aliphatic rings. The zero-order valence-corrected chi connectivity index (χ0v) is 34.4. The lowest BCUT2D eigenvalue weighted by atomic mass is 9.81. The number of nitriles is 1. The van der Waals surface area contributed by atoms with Crippen molar-refractivity contribution in [2.24, 2.45) is 0 Å². The standard InChI is InChI=1S/C62H32N2/c1-64-48-28-24-40(25-29-48)23-27-47-37-58(60-51-16-8-4-12-44(51)35-45-13-5-9-17-52(45)60)56-33-32-55-57(59-49-14-6-2-10-42(49)34-43-11-3-7-15-50(43)59)36-46(53-30-31-54(47)62(56)61(53)55)26-22-39-18-20-41(38-63)21-19-39/h2-21,24-25,28-37H. The molecule has 0 N–H and O–H groups in total. The van der Waals surface area contributed by atoms with Crippen LogP contribution in [0.15, 0.2) is 194 Å². The van der Waals surface area contributed by atoms with Crippen LogP contribution in [0.2, 0.25) is 0 Å². The van der Waals surface area contributed by atoms with Crippen LogP contribution in [0.5, 0.6) is 0 Å². The SMILES string of the molecule is [C-]#[N+]c1ccc(C#Cc2cc(-c3c4ccccc4cc4ccccc34)c3ccc4c(-c5c6ccccc6cc6ccccc56)cc(C#Cc5ccc(C#N)cc5)c5ccc2c3c54)cc1. The predicted octanol–water partition coefficient (Wildman–Crippen LogP) is 15.8. The van der Waals surface area contributed by atoms with Gasteiger partial charge in [-0.1, -0.05) is 169 Å². The van der Waals surface area contributed by atoms with Gasteiger partial charge in [-0.15, -0.1) is 0 Å². The number of benzene rings is 12. The zero-order valence-electron chi connectivity index (χ0n) is 34.4. The van der Waals surface area contributed by atoms with Crippen LogP contribution >= 0.6 is 0 Å². The van der Waals surface area contributed by atoms with Crippen LogP contribution in [0.25, 0.3) is 103 Å². The van der Waals surface area contributed by atoms with Crippen molar-refractivity contribution in [3.63, 3.8) is 0 Å². The van der Waals surface area contributed by atoms with Gasteiger partial charge in [-0.05, 0) is 146 Å². The molecular formula is C62H32N2. The number of hydrogen-bond acceptors (Lipinski definition) is 1. The Morgan fingerprint density at radius 3 is 1.09 bits per heavy atom. The van der Waals surface area contributed by atoms with Gasteiger partial charge in [0.05, 0.1) is 18.2 Å². The Morgan fingerprint density at radius 1 is 0.344 bits per heavy atom. The van der Waals surface area contributed by atoms with Crippen molar-refractivity contribution in [3.05, 3.63) is 233 Å². The van der Waals surface area contributed by atoms with Gasteiger partial charge in [0.2, 0.25) is 0 Å². The molecule has 0 fully saturated rings. The Labute approximate surface area is 370 Å². The van der Waals surface area contributed by atoms with Crippen molar-refractivity contribution in [2.75, 3.05) is 0 Å². The van der Waals surface area contributed by atoms with E-state index in [9.17, 15) is 5.26 Å². The Hall–Kier alpha value is -9.18. The van der Waals surface area contributed by atoms with Crippen LogP contribution in [0, 0.1) is 41.6 Å². The monoisotopic (exact) mass is 804 g/mol. The van der Waals surface area contributed by atoms with E-state index in [0.717, 1.165) is 65.7 Å². The molecule has 64 heavy (non-hydrogen) atoms. The average molecular weight is 805 g/mol. The summed E-state index contributed by atoms with van der Waals surface area (Å²) in [7, 11) is 0. The molecule has 0 spiro atoms. The molecule has 0 aliphatic heterocycles. The molecule has 0 saturated carbocycles. The fourth-order valence-electron chi connectivity index (χ4n) is 9.75. The molecule has 0 atom stereocenters. The fourth-order valence-corrected chi connectivity index (χ4v) is 9.75. The smallest absolute Gasteiger partial charge is 0.187 e. The van der Waals surface area contributed by atoms with Crippen molar-refractivity contribution >= 4 is 81.1 Å². The van der Waals surface area contributed by atoms with E-state index < -0.39 is 0 Å². The van der Waals surface area contributed by atoms with Crippen LogP contribution in [0.3, 0.4) is 0 Å². The summed E-state index contributed by atoms with van der Waals surface area (Å²) in [6.07, 6.45) is 0. The normalized spacial score (nSPS) is 11.2. The summed E-state index contributed by atoms with van der Waals surface area (Å²) >= 11 is 0. The highest BCUT2D eigenvalue weighted by Gasteiger charge is 2.22. The minimum absolute atomic E-state index is 0.589. The van der Waals surface area contributed by atoms with E-state index in [1.54, 1.807) is 0 Å². The highest BCUT2D eigenvalue weighted by Crippen LogP contribution is 2.49. The number of fused-ring (bicyclic) bond motifs is 4. The van der Waals surface area contributed by atoms with E-state index in [1.165, 1.54) is 54.2 Å². The van der Waals surface area contributed by atoms with Crippen molar-refractivity contribution in [2.45, 2.75) is 0 Å². The summed E-state index contributed by atoms with van der Waals surface area (Å²) < 4.78 is 0. The molecule has 0 unspecified atom stereocenters. The van der Waals surface area contributed by atoms with Crippen LogP contribution in [-0.4, -0.2) is 0 Å². The van der Waals surface area contributed by atoms with E-state index >= 15 is 0 Å². The molecule has 0 bridgehead atoms. The first-order chi connectivity index (χ1) is 31.6. The average Bonchev–Trinajstić information content (AvgIpc) is 3.35. The van der Waals surface area contributed by atoms with Gasteiger partial charge in [0.25, 0.3) is 0 Å². The Bertz CT molecular complexity index is 3760. The number of rotatable bonds is 2. The molecule has 290 valence electrons. The summed E-state index contributed by atoms with van der Waals surface area (Å²) in [5.41, 5.74) is 9.32. The van der Waals surface area contributed by atoms with Gasteiger partial charge >= 0.3 is 0 Å². The second-order valence-corrected chi connectivity index (χ2v) is 16.3. The van der Waals surface area contributed by atoms with Crippen molar-refractivity contribution in [1.29, 1.82) is 5.26 Å². The van der Waals surface area contributed by atoms with Gasteiger partial charge in [0.15, 0.2) is 5.69 Å². The van der Waals surface area contributed by atoms with Gasteiger partial charge in [0, 0.05) is 22.3 Å². The maximum absolute atomic E-state index is 9.50. The van der Waals surface area contributed by atoms with E-state index in [0.29, 0.717) is 11.3 Å². The van der Waals surface area contributed by atoms with Gasteiger partial charge < -0.3 is 0 Å². The fraction of sp³-hybridized carbons (Fsp3) is 0. The summed E-state index contributed by atoms with van der Waals surface area (Å²) in [4.78, 5) is 3.60. The van der Waals surface area contributed by atoms with Crippen LogP contribution in [0.4, 0.5) is 5.69 Å². The summed E-state index contributed by atoms with van der Waals surface area (Å²) in [5.74, 6) is 14.2. The lowest BCUT2D eigenvalue weighted by molar-refractivity contribution is 1.48. The Morgan fingerprint density at radius 2 is 0.703 bits per heavy atom. The predicted molar refractivity (Wildman–Crippen MR) is 267 cm³/mol. The topological polar surface area (TPSA) is 28.1 Å². The van der Waals surface area contributed by atoms with Crippen LogP contribution in [-0.2, 0) is 0 Å². The van der Waals surface area contributed by atoms with Gasteiger partial charge in [-0.2, -0.15) is 5.26 Å². The summed E-state index contributed by atoms with van der Waals surface area (Å²) in [5, 5.41) is 25.7. The first-order valence-electron chi connectivity index (χ1n) is 21.3. The van der Waals surface area contributed by atoms with E-state index in [1.807, 2.05) is 48.5 Å². The third-order valence-corrected chi connectivity index (χ3v) is 12.7. The van der Waals surface area contributed by atoms with E-state index in [-0.39, 0.29) is 0 Å². The molecule has 12 rings (SSSR count). The first-order valence-corrected chi connectivity index (χ1v) is 21.3. The highest BCUT2D eigenvalue weighted by atomic mass is 14.6. The molecule has 12 aromatic rings. The second kappa shape index (κ2) is 14.8. The zero-order chi connectivity index (χ0) is 42.7. The molecule has 0 radical (unpaired) electrons. The van der Waals surface area contributed by atoms with Crippen molar-refractivity contribution in [3.8, 4) is 52.0 Å². The van der Waals surface area contributed by atoms with E-state index in [2.05, 4.69) is 180 Å². The van der Waals surface area contributed by atoms with Gasteiger partial charge in [0.1, 0.15) is 0 Å².